The third-order valence-corrected chi connectivity index (χ3v) is 3.01. The van der Waals surface area contributed by atoms with E-state index in [0.29, 0.717) is 17.4 Å². The normalized spacial score (nSPS) is 12.6. The fraction of sp³-hybridized carbons (Fsp3) is 0.308. The number of halogens is 1. The van der Waals surface area contributed by atoms with Gasteiger partial charge in [0.2, 0.25) is 0 Å². The van der Waals surface area contributed by atoms with Crippen molar-refractivity contribution in [1.29, 1.82) is 0 Å². The van der Waals surface area contributed by atoms with Gasteiger partial charge in [0.1, 0.15) is 17.3 Å². The van der Waals surface area contributed by atoms with Gasteiger partial charge in [0, 0.05) is 12.3 Å². The number of hydrogen-bond donors (Lipinski definition) is 1. The van der Waals surface area contributed by atoms with E-state index in [1.165, 1.54) is 4.68 Å². The number of rotatable bonds is 3. The molecular weight excluding hydrogens is 217 g/mol. The molecule has 17 heavy (non-hydrogen) atoms. The van der Waals surface area contributed by atoms with Crippen molar-refractivity contribution in [1.82, 2.24) is 9.78 Å². The molecule has 0 radical (unpaired) electrons. The summed E-state index contributed by atoms with van der Waals surface area (Å²) in [7, 11) is 0. The highest BCUT2D eigenvalue weighted by molar-refractivity contribution is 5.39. The van der Waals surface area contributed by atoms with Gasteiger partial charge in [0.05, 0.1) is 0 Å². The zero-order valence-corrected chi connectivity index (χ0v) is 10.0. The summed E-state index contributed by atoms with van der Waals surface area (Å²) in [6.07, 6.45) is 2.64. The van der Waals surface area contributed by atoms with Crippen LogP contribution in [0.2, 0.25) is 0 Å². The second-order valence-electron chi connectivity index (χ2n) is 4.21. The highest BCUT2D eigenvalue weighted by Gasteiger charge is 2.09. The van der Waals surface area contributed by atoms with E-state index < -0.39 is 0 Å². The van der Waals surface area contributed by atoms with Crippen LogP contribution in [0.3, 0.4) is 0 Å². The molecule has 0 fully saturated rings. The molecule has 0 aliphatic carbocycles. The Labute approximate surface area is 100 Å². The molecule has 0 bridgehead atoms. The standard InChI is InChI=1S/C13H16FN3/c1-3-9(2)10-4-5-12(11(14)8-10)17-7-6-13(15)16-17/h4-9H,3H2,1-2H3,(H2,15,16). The predicted molar refractivity (Wildman–Crippen MR) is 66.6 cm³/mol. The van der Waals surface area contributed by atoms with Crippen LogP contribution < -0.4 is 5.73 Å². The van der Waals surface area contributed by atoms with Crippen molar-refractivity contribution in [3.8, 4) is 5.69 Å². The predicted octanol–water partition coefficient (Wildman–Crippen LogP) is 3.11. The van der Waals surface area contributed by atoms with Gasteiger partial charge in [0.25, 0.3) is 0 Å². The van der Waals surface area contributed by atoms with Gasteiger partial charge in [0.15, 0.2) is 0 Å². The van der Waals surface area contributed by atoms with Crippen LogP contribution in [-0.2, 0) is 0 Å². The fourth-order valence-electron chi connectivity index (χ4n) is 1.72. The molecule has 4 heteroatoms. The molecule has 2 rings (SSSR count). The molecule has 2 aromatic rings. The van der Waals surface area contributed by atoms with E-state index in [2.05, 4.69) is 18.9 Å². The van der Waals surface area contributed by atoms with E-state index in [9.17, 15) is 4.39 Å². The second-order valence-corrected chi connectivity index (χ2v) is 4.21. The van der Waals surface area contributed by atoms with Crippen LogP contribution >= 0.6 is 0 Å². The molecule has 0 aliphatic rings. The maximum atomic E-state index is 13.9. The molecule has 1 unspecified atom stereocenters. The van der Waals surface area contributed by atoms with Crippen molar-refractivity contribution in [3.63, 3.8) is 0 Å². The van der Waals surface area contributed by atoms with Crippen LogP contribution in [-0.4, -0.2) is 9.78 Å². The summed E-state index contributed by atoms with van der Waals surface area (Å²) in [6, 6.07) is 6.89. The average molecular weight is 233 g/mol. The summed E-state index contributed by atoms with van der Waals surface area (Å²) in [4.78, 5) is 0. The Kier molecular flexibility index (Phi) is 3.13. The highest BCUT2D eigenvalue weighted by Crippen LogP contribution is 2.22. The summed E-state index contributed by atoms with van der Waals surface area (Å²) in [6.45, 7) is 4.17. The molecule has 0 spiro atoms. The van der Waals surface area contributed by atoms with Crippen LogP contribution in [0.4, 0.5) is 10.2 Å². The number of aromatic nitrogens is 2. The quantitative estimate of drug-likeness (QED) is 0.885. The molecular formula is C13H16FN3. The lowest BCUT2D eigenvalue weighted by atomic mass is 9.98. The lowest BCUT2D eigenvalue weighted by Crippen LogP contribution is -2.01. The van der Waals surface area contributed by atoms with Crippen LogP contribution in [0.5, 0.6) is 0 Å². The van der Waals surface area contributed by atoms with Crippen molar-refractivity contribution < 1.29 is 4.39 Å². The molecule has 0 saturated heterocycles. The van der Waals surface area contributed by atoms with Gasteiger partial charge < -0.3 is 5.73 Å². The summed E-state index contributed by atoms with van der Waals surface area (Å²) in [5.41, 5.74) is 6.94. The molecule has 0 saturated carbocycles. The van der Waals surface area contributed by atoms with Crippen molar-refractivity contribution in [3.05, 3.63) is 41.8 Å². The lowest BCUT2D eigenvalue weighted by Gasteiger charge is -2.11. The Hall–Kier alpha value is -1.84. The van der Waals surface area contributed by atoms with Crippen molar-refractivity contribution in [2.75, 3.05) is 5.73 Å². The van der Waals surface area contributed by atoms with Crippen molar-refractivity contribution >= 4 is 5.82 Å². The second kappa shape index (κ2) is 4.57. The molecule has 90 valence electrons. The summed E-state index contributed by atoms with van der Waals surface area (Å²) >= 11 is 0. The average Bonchev–Trinajstić information content (AvgIpc) is 2.74. The Morgan fingerprint density at radius 1 is 1.41 bits per heavy atom. The first-order chi connectivity index (χ1) is 8.11. The minimum Gasteiger partial charge on any atom is -0.382 e. The summed E-state index contributed by atoms with van der Waals surface area (Å²) in [5, 5.41) is 3.99. The molecule has 1 atom stereocenters. The van der Waals surface area contributed by atoms with E-state index in [0.717, 1.165) is 12.0 Å². The van der Waals surface area contributed by atoms with Gasteiger partial charge in [-0.3, -0.25) is 0 Å². The number of anilines is 1. The van der Waals surface area contributed by atoms with Crippen LogP contribution in [0.1, 0.15) is 31.7 Å². The van der Waals surface area contributed by atoms with Crippen molar-refractivity contribution in [2.45, 2.75) is 26.2 Å². The minimum absolute atomic E-state index is 0.272. The van der Waals surface area contributed by atoms with Crippen LogP contribution in [0, 0.1) is 5.82 Å². The van der Waals surface area contributed by atoms with E-state index >= 15 is 0 Å². The van der Waals surface area contributed by atoms with Gasteiger partial charge in [-0.2, -0.15) is 5.10 Å². The molecule has 2 N–H and O–H groups in total. The largest absolute Gasteiger partial charge is 0.382 e. The van der Waals surface area contributed by atoms with E-state index in [1.807, 2.05) is 6.07 Å². The molecule has 1 heterocycles. The fourth-order valence-corrected chi connectivity index (χ4v) is 1.72. The van der Waals surface area contributed by atoms with E-state index in [-0.39, 0.29) is 5.82 Å². The maximum Gasteiger partial charge on any atom is 0.149 e. The molecule has 0 aliphatic heterocycles. The number of nitrogens with zero attached hydrogens (tertiary/aromatic N) is 2. The lowest BCUT2D eigenvalue weighted by molar-refractivity contribution is 0.604. The number of nitrogen functional groups attached to an aromatic ring is 1. The smallest absolute Gasteiger partial charge is 0.149 e. The summed E-state index contributed by atoms with van der Waals surface area (Å²) in [5.74, 6) is 0.475. The molecule has 1 aromatic heterocycles. The third kappa shape index (κ3) is 2.30. The van der Waals surface area contributed by atoms with Gasteiger partial charge >= 0.3 is 0 Å². The van der Waals surface area contributed by atoms with Gasteiger partial charge in [-0.05, 0) is 30.0 Å². The van der Waals surface area contributed by atoms with Gasteiger partial charge in [-0.15, -0.1) is 0 Å². The first kappa shape index (κ1) is 11.6. The molecule has 0 amide bonds. The van der Waals surface area contributed by atoms with E-state index in [4.69, 9.17) is 5.73 Å². The zero-order chi connectivity index (χ0) is 12.4. The topological polar surface area (TPSA) is 43.8 Å². The first-order valence-electron chi connectivity index (χ1n) is 5.72. The Balaban J connectivity index is 2.38. The van der Waals surface area contributed by atoms with E-state index in [1.54, 1.807) is 24.4 Å². The Morgan fingerprint density at radius 2 is 2.18 bits per heavy atom. The third-order valence-electron chi connectivity index (χ3n) is 3.01. The number of hydrogen-bond acceptors (Lipinski definition) is 2. The summed E-state index contributed by atoms with van der Waals surface area (Å²) < 4.78 is 15.4. The zero-order valence-electron chi connectivity index (χ0n) is 10.0. The first-order valence-corrected chi connectivity index (χ1v) is 5.72. The van der Waals surface area contributed by atoms with Gasteiger partial charge in [-0.25, -0.2) is 9.07 Å². The minimum atomic E-state index is -0.272. The molecule has 1 aromatic carbocycles. The number of benzene rings is 1. The van der Waals surface area contributed by atoms with Crippen LogP contribution in [0.25, 0.3) is 5.69 Å². The molecule has 3 nitrogen and oxygen atoms in total. The Morgan fingerprint density at radius 3 is 2.71 bits per heavy atom. The highest BCUT2D eigenvalue weighted by atomic mass is 19.1. The SMILES string of the molecule is CCC(C)c1ccc(-n2ccc(N)n2)c(F)c1. The monoisotopic (exact) mass is 233 g/mol. The van der Waals surface area contributed by atoms with Gasteiger partial charge in [-0.1, -0.05) is 19.9 Å². The Bertz CT molecular complexity index is 519. The van der Waals surface area contributed by atoms with Crippen molar-refractivity contribution in [2.24, 2.45) is 0 Å². The number of nitrogens with two attached hydrogens (primary N) is 1. The maximum absolute atomic E-state index is 13.9. The van der Waals surface area contributed by atoms with Crippen LogP contribution in [0.15, 0.2) is 30.5 Å².